The van der Waals surface area contributed by atoms with Crippen LogP contribution in [0.1, 0.15) is 57.6 Å². The lowest BCUT2D eigenvalue weighted by molar-refractivity contribution is -0.121. The minimum Gasteiger partial charge on any atom is -0.385 e. The van der Waals surface area contributed by atoms with Crippen LogP contribution in [0.2, 0.25) is 0 Å². The predicted octanol–water partition coefficient (Wildman–Crippen LogP) is 3.80. The fourth-order valence-electron chi connectivity index (χ4n) is 3.23. The molecule has 0 aliphatic rings. The van der Waals surface area contributed by atoms with E-state index >= 15 is 0 Å². The molecule has 2 aromatic rings. The lowest BCUT2D eigenvalue weighted by atomic mass is 10.0. The average Bonchev–Trinajstić information content (AvgIpc) is 2.77. The van der Waals surface area contributed by atoms with Crippen molar-refractivity contribution >= 4 is 22.8 Å². The van der Waals surface area contributed by atoms with Crippen molar-refractivity contribution in [2.24, 2.45) is 0 Å². The van der Waals surface area contributed by atoms with Crippen molar-refractivity contribution in [3.05, 3.63) is 30.0 Å². The van der Waals surface area contributed by atoms with Gasteiger partial charge in [0.05, 0.1) is 17.1 Å². The maximum Gasteiger partial charge on any atom is 0.243 e. The SMILES string of the molecule is CCCCN(CCCC)c1nc2ccccc2nc1[C@@H](C#N)C(=O)NCCCOC. The molecule has 1 heterocycles. The van der Waals surface area contributed by atoms with Gasteiger partial charge in [0.15, 0.2) is 11.7 Å². The summed E-state index contributed by atoms with van der Waals surface area (Å²) in [6.07, 6.45) is 4.83. The highest BCUT2D eigenvalue weighted by Crippen LogP contribution is 2.28. The zero-order valence-electron chi connectivity index (χ0n) is 18.4. The molecule has 2 rings (SSSR count). The van der Waals surface area contributed by atoms with Crippen LogP contribution in [-0.2, 0) is 9.53 Å². The van der Waals surface area contributed by atoms with Crippen LogP contribution < -0.4 is 10.2 Å². The molecule has 1 aromatic heterocycles. The summed E-state index contributed by atoms with van der Waals surface area (Å²) >= 11 is 0. The molecule has 0 aliphatic heterocycles. The van der Waals surface area contributed by atoms with Gasteiger partial charge in [-0.3, -0.25) is 4.79 Å². The fraction of sp³-hybridized carbons (Fsp3) is 0.565. The van der Waals surface area contributed by atoms with Crippen molar-refractivity contribution in [1.29, 1.82) is 5.26 Å². The molecule has 30 heavy (non-hydrogen) atoms. The summed E-state index contributed by atoms with van der Waals surface area (Å²) in [5.74, 6) is -0.704. The van der Waals surface area contributed by atoms with Crippen LogP contribution in [0.15, 0.2) is 24.3 Å². The average molecular weight is 412 g/mol. The van der Waals surface area contributed by atoms with Gasteiger partial charge in [0.1, 0.15) is 5.69 Å². The Kier molecular flexibility index (Phi) is 10.0. The number of rotatable bonds is 13. The number of amides is 1. The molecule has 0 saturated heterocycles. The molecule has 0 aliphatic carbocycles. The smallest absolute Gasteiger partial charge is 0.243 e. The van der Waals surface area contributed by atoms with Gasteiger partial charge in [-0.2, -0.15) is 5.26 Å². The highest BCUT2D eigenvalue weighted by molar-refractivity contribution is 5.88. The van der Waals surface area contributed by atoms with E-state index < -0.39 is 5.92 Å². The Bertz CT molecular complexity index is 841. The maximum absolute atomic E-state index is 12.8. The number of hydrogen-bond donors (Lipinski definition) is 1. The molecule has 162 valence electrons. The van der Waals surface area contributed by atoms with E-state index in [0.717, 1.165) is 44.3 Å². The van der Waals surface area contributed by atoms with Crippen molar-refractivity contribution in [2.75, 3.05) is 38.3 Å². The second kappa shape index (κ2) is 12.8. The number of methoxy groups -OCH3 is 1. The van der Waals surface area contributed by atoms with Crippen LogP contribution in [0.3, 0.4) is 0 Å². The molecule has 0 unspecified atom stereocenters. The number of fused-ring (bicyclic) bond motifs is 1. The van der Waals surface area contributed by atoms with E-state index in [4.69, 9.17) is 14.7 Å². The molecule has 1 amide bonds. The number of benzene rings is 1. The molecule has 0 saturated carbocycles. The van der Waals surface area contributed by atoms with Crippen LogP contribution in [-0.4, -0.2) is 49.2 Å². The van der Waals surface area contributed by atoms with Crippen molar-refractivity contribution in [1.82, 2.24) is 15.3 Å². The number of nitrogens with zero attached hydrogens (tertiary/aromatic N) is 4. The van der Waals surface area contributed by atoms with Crippen LogP contribution in [0.25, 0.3) is 11.0 Å². The van der Waals surface area contributed by atoms with Gasteiger partial charge in [-0.15, -0.1) is 0 Å². The summed E-state index contributed by atoms with van der Waals surface area (Å²) in [5.41, 5.74) is 1.90. The summed E-state index contributed by atoms with van der Waals surface area (Å²) in [6.45, 7) is 6.96. The van der Waals surface area contributed by atoms with Crippen LogP contribution >= 0.6 is 0 Å². The van der Waals surface area contributed by atoms with E-state index in [1.165, 1.54) is 0 Å². The summed E-state index contributed by atoms with van der Waals surface area (Å²) in [7, 11) is 1.62. The minimum atomic E-state index is -1.01. The molecule has 1 atom stereocenters. The number of hydrogen-bond acceptors (Lipinski definition) is 6. The number of carbonyl (C=O) groups is 1. The largest absolute Gasteiger partial charge is 0.385 e. The van der Waals surface area contributed by atoms with Crippen LogP contribution in [0.5, 0.6) is 0 Å². The van der Waals surface area contributed by atoms with Gasteiger partial charge in [-0.1, -0.05) is 38.8 Å². The van der Waals surface area contributed by atoms with Gasteiger partial charge < -0.3 is 15.0 Å². The zero-order chi connectivity index (χ0) is 21.8. The normalized spacial score (nSPS) is 11.8. The molecule has 0 radical (unpaired) electrons. The van der Waals surface area contributed by atoms with Gasteiger partial charge in [0.2, 0.25) is 5.91 Å². The Hall–Kier alpha value is -2.72. The zero-order valence-corrected chi connectivity index (χ0v) is 18.4. The van der Waals surface area contributed by atoms with Crippen molar-refractivity contribution in [2.45, 2.75) is 51.9 Å². The third-order valence-corrected chi connectivity index (χ3v) is 4.93. The number of nitriles is 1. The Balaban J connectivity index is 2.44. The Labute approximate surface area is 179 Å². The van der Waals surface area contributed by atoms with Gasteiger partial charge >= 0.3 is 0 Å². The quantitative estimate of drug-likeness (QED) is 0.504. The van der Waals surface area contributed by atoms with Crippen molar-refractivity contribution in [3.63, 3.8) is 0 Å². The molecular formula is C23H33N5O2. The monoisotopic (exact) mass is 411 g/mol. The summed E-state index contributed by atoms with van der Waals surface area (Å²) in [4.78, 5) is 24.6. The van der Waals surface area contributed by atoms with Crippen LogP contribution in [0, 0.1) is 11.3 Å². The fourth-order valence-corrected chi connectivity index (χ4v) is 3.23. The Morgan fingerprint density at radius 1 is 1.13 bits per heavy atom. The molecule has 0 spiro atoms. The van der Waals surface area contributed by atoms with Crippen molar-refractivity contribution in [3.8, 4) is 6.07 Å². The van der Waals surface area contributed by atoms with E-state index in [0.29, 0.717) is 36.6 Å². The number of anilines is 1. The lowest BCUT2D eigenvalue weighted by Crippen LogP contribution is -2.33. The van der Waals surface area contributed by atoms with Gasteiger partial charge in [-0.25, -0.2) is 9.97 Å². The molecule has 7 heteroatoms. The first-order valence-electron chi connectivity index (χ1n) is 10.8. The number of ether oxygens (including phenoxy) is 1. The molecule has 7 nitrogen and oxygen atoms in total. The van der Waals surface area contributed by atoms with Crippen LogP contribution in [0.4, 0.5) is 5.82 Å². The number of para-hydroxylation sites is 2. The second-order valence-electron chi connectivity index (χ2n) is 7.31. The van der Waals surface area contributed by atoms with E-state index in [9.17, 15) is 10.1 Å². The van der Waals surface area contributed by atoms with Gasteiger partial charge in [0.25, 0.3) is 0 Å². The highest BCUT2D eigenvalue weighted by Gasteiger charge is 2.28. The highest BCUT2D eigenvalue weighted by atomic mass is 16.5. The lowest BCUT2D eigenvalue weighted by Gasteiger charge is -2.26. The maximum atomic E-state index is 12.8. The van der Waals surface area contributed by atoms with Crippen molar-refractivity contribution < 1.29 is 9.53 Å². The summed E-state index contributed by atoms with van der Waals surface area (Å²) in [5, 5.41) is 12.7. The number of aromatic nitrogens is 2. The summed E-state index contributed by atoms with van der Waals surface area (Å²) < 4.78 is 5.02. The molecular weight excluding hydrogens is 378 g/mol. The van der Waals surface area contributed by atoms with Gasteiger partial charge in [-0.05, 0) is 31.4 Å². The van der Waals surface area contributed by atoms with E-state index in [-0.39, 0.29) is 5.91 Å². The minimum absolute atomic E-state index is 0.342. The third-order valence-electron chi connectivity index (χ3n) is 4.93. The molecule has 1 N–H and O–H groups in total. The number of carbonyl (C=O) groups excluding carboxylic acids is 1. The second-order valence-corrected chi connectivity index (χ2v) is 7.31. The number of unbranched alkanes of at least 4 members (excludes halogenated alkanes) is 2. The first kappa shape index (κ1) is 23.6. The van der Waals surface area contributed by atoms with Gasteiger partial charge in [0, 0.05) is 33.4 Å². The molecule has 1 aromatic carbocycles. The standard InChI is InChI=1S/C23H33N5O2/c1-4-6-14-28(15-7-5-2)22-21(26-19-11-8-9-12-20(19)27-22)18(17-24)23(29)25-13-10-16-30-3/h8-9,11-12,18H,4-7,10,13-16H2,1-3H3,(H,25,29)/t18-/m1/s1. The Morgan fingerprint density at radius 3 is 2.33 bits per heavy atom. The topological polar surface area (TPSA) is 91.1 Å². The Morgan fingerprint density at radius 2 is 1.77 bits per heavy atom. The summed E-state index contributed by atoms with van der Waals surface area (Å²) in [6, 6.07) is 9.75. The predicted molar refractivity (Wildman–Crippen MR) is 119 cm³/mol. The molecule has 0 bridgehead atoms. The van der Waals surface area contributed by atoms with E-state index in [1.54, 1.807) is 7.11 Å². The first-order chi connectivity index (χ1) is 14.7. The third kappa shape index (κ3) is 6.39. The first-order valence-corrected chi connectivity index (χ1v) is 10.8. The van der Waals surface area contributed by atoms with E-state index in [2.05, 4.69) is 30.1 Å². The molecule has 0 fully saturated rings. The number of nitrogens with one attached hydrogen (secondary N) is 1. The van der Waals surface area contributed by atoms with E-state index in [1.807, 2.05) is 24.3 Å².